The molecule has 0 aliphatic heterocycles. The number of hydrogen-bond donors (Lipinski definition) is 1. The Morgan fingerprint density at radius 1 is 1.16 bits per heavy atom. The molecule has 6 nitrogen and oxygen atoms in total. The molecule has 0 aliphatic rings. The van der Waals surface area contributed by atoms with Crippen molar-refractivity contribution in [3.63, 3.8) is 0 Å². The highest BCUT2D eigenvalue weighted by Crippen LogP contribution is 2.28. The number of para-hydroxylation sites is 1. The zero-order valence-corrected chi connectivity index (χ0v) is 18.4. The molecule has 1 N–H and O–H groups in total. The fourth-order valence-corrected chi connectivity index (χ4v) is 3.94. The number of benzene rings is 2. The number of ether oxygens (including phenoxy) is 1. The number of hydrogen-bond acceptors (Lipinski definition) is 5. The number of halogens is 2. The number of carbonyl (C=O) groups is 1. The molecule has 0 radical (unpaired) electrons. The normalized spacial score (nSPS) is 11.0. The summed E-state index contributed by atoms with van der Waals surface area (Å²) in [6.45, 7) is -0.236. The van der Waals surface area contributed by atoms with Crippen LogP contribution in [0.4, 0.5) is 0 Å². The fraction of sp³-hybridized carbons (Fsp3) is 0.0455. The summed E-state index contributed by atoms with van der Waals surface area (Å²) >= 11 is 13.5. The Kier molecular flexibility index (Phi) is 6.66. The molecule has 0 fully saturated rings. The Hall–Kier alpha value is -3.13. The van der Waals surface area contributed by atoms with Crippen molar-refractivity contribution in [1.82, 2.24) is 15.2 Å². The molecule has 0 saturated carbocycles. The second-order valence-electron chi connectivity index (χ2n) is 6.35. The van der Waals surface area contributed by atoms with E-state index in [-0.39, 0.29) is 6.61 Å². The van der Waals surface area contributed by atoms with Gasteiger partial charge in [-0.15, -0.1) is 11.3 Å². The average molecular weight is 471 g/mol. The van der Waals surface area contributed by atoms with Crippen molar-refractivity contribution >= 4 is 46.7 Å². The summed E-state index contributed by atoms with van der Waals surface area (Å²) in [6.07, 6.45) is 3.43. The van der Waals surface area contributed by atoms with Gasteiger partial charge in [0.2, 0.25) is 0 Å². The van der Waals surface area contributed by atoms with Crippen LogP contribution in [0.25, 0.3) is 16.3 Å². The maximum Gasteiger partial charge on any atom is 0.277 e. The van der Waals surface area contributed by atoms with Crippen LogP contribution in [0, 0.1) is 0 Å². The first kappa shape index (κ1) is 21.1. The van der Waals surface area contributed by atoms with Gasteiger partial charge in [-0.05, 0) is 41.8 Å². The standard InChI is InChI=1S/C22H16Cl2N4O2S/c23-16-8-9-19(18(24)11-16)30-14-21(29)26-25-12-15-13-28(17-5-2-1-3-6-17)27-22(15)20-7-4-10-31-20/h1-13H,14H2,(H,26,29). The second kappa shape index (κ2) is 9.78. The first-order valence-corrected chi connectivity index (χ1v) is 10.8. The minimum atomic E-state index is -0.421. The highest BCUT2D eigenvalue weighted by molar-refractivity contribution is 7.13. The summed E-state index contributed by atoms with van der Waals surface area (Å²) in [4.78, 5) is 13.1. The van der Waals surface area contributed by atoms with Gasteiger partial charge in [0, 0.05) is 16.8 Å². The SMILES string of the molecule is O=C(COc1ccc(Cl)cc1Cl)NN=Cc1cn(-c2ccccc2)nc1-c1cccs1. The molecule has 0 unspecified atom stereocenters. The number of thiophene rings is 1. The number of rotatable bonds is 7. The van der Waals surface area contributed by atoms with Gasteiger partial charge in [-0.1, -0.05) is 47.5 Å². The van der Waals surface area contributed by atoms with Crippen molar-refractivity contribution in [2.45, 2.75) is 0 Å². The summed E-state index contributed by atoms with van der Waals surface area (Å²) in [7, 11) is 0. The molecular formula is C22H16Cl2N4O2S. The van der Waals surface area contributed by atoms with Gasteiger partial charge in [0.1, 0.15) is 11.4 Å². The molecule has 2 aromatic carbocycles. The van der Waals surface area contributed by atoms with Gasteiger partial charge in [0.05, 0.1) is 21.8 Å². The van der Waals surface area contributed by atoms with E-state index in [1.165, 1.54) is 0 Å². The van der Waals surface area contributed by atoms with Crippen LogP contribution in [0.1, 0.15) is 5.56 Å². The van der Waals surface area contributed by atoms with Gasteiger partial charge in [0.25, 0.3) is 5.91 Å². The van der Waals surface area contributed by atoms with Gasteiger partial charge in [-0.2, -0.15) is 10.2 Å². The third kappa shape index (κ3) is 5.32. The zero-order chi connectivity index (χ0) is 21.6. The highest BCUT2D eigenvalue weighted by Gasteiger charge is 2.12. The Balaban J connectivity index is 1.45. The van der Waals surface area contributed by atoms with E-state index < -0.39 is 5.91 Å². The maximum atomic E-state index is 12.1. The monoisotopic (exact) mass is 470 g/mol. The van der Waals surface area contributed by atoms with E-state index >= 15 is 0 Å². The molecule has 4 rings (SSSR count). The summed E-state index contributed by atoms with van der Waals surface area (Å²) < 4.78 is 7.19. The Morgan fingerprint density at radius 2 is 2.00 bits per heavy atom. The lowest BCUT2D eigenvalue weighted by atomic mass is 10.2. The molecule has 2 aromatic heterocycles. The zero-order valence-electron chi connectivity index (χ0n) is 16.0. The molecule has 9 heteroatoms. The first-order chi connectivity index (χ1) is 15.1. The maximum absolute atomic E-state index is 12.1. The van der Waals surface area contributed by atoms with Gasteiger partial charge >= 0.3 is 0 Å². The third-order valence-corrected chi connectivity index (χ3v) is 5.57. The van der Waals surface area contributed by atoms with E-state index in [9.17, 15) is 4.79 Å². The van der Waals surface area contributed by atoms with Crippen LogP contribution < -0.4 is 10.2 Å². The molecular weight excluding hydrogens is 455 g/mol. The number of nitrogens with zero attached hydrogens (tertiary/aromatic N) is 3. The molecule has 0 saturated heterocycles. The van der Waals surface area contributed by atoms with E-state index in [0.717, 1.165) is 21.8 Å². The lowest BCUT2D eigenvalue weighted by Crippen LogP contribution is -2.24. The van der Waals surface area contributed by atoms with Gasteiger partial charge in [-0.25, -0.2) is 10.1 Å². The van der Waals surface area contributed by atoms with Crippen LogP contribution in [0.15, 0.2) is 77.3 Å². The van der Waals surface area contributed by atoms with Crippen molar-refractivity contribution in [3.05, 3.63) is 87.8 Å². The number of hydrazone groups is 1. The molecule has 4 aromatic rings. The van der Waals surface area contributed by atoms with Crippen LogP contribution in [-0.4, -0.2) is 28.5 Å². The molecule has 0 bridgehead atoms. The number of amides is 1. The minimum absolute atomic E-state index is 0.236. The topological polar surface area (TPSA) is 68.5 Å². The Morgan fingerprint density at radius 3 is 2.74 bits per heavy atom. The third-order valence-electron chi connectivity index (χ3n) is 4.16. The van der Waals surface area contributed by atoms with Gasteiger partial charge in [0.15, 0.2) is 6.61 Å². The average Bonchev–Trinajstić information content (AvgIpc) is 3.44. The van der Waals surface area contributed by atoms with Crippen LogP contribution in [-0.2, 0) is 4.79 Å². The molecule has 156 valence electrons. The van der Waals surface area contributed by atoms with Crippen LogP contribution >= 0.6 is 34.5 Å². The predicted molar refractivity (Wildman–Crippen MR) is 125 cm³/mol. The van der Waals surface area contributed by atoms with E-state index in [1.807, 2.05) is 54.0 Å². The lowest BCUT2D eigenvalue weighted by Gasteiger charge is -2.06. The minimum Gasteiger partial charge on any atom is -0.482 e. The molecule has 31 heavy (non-hydrogen) atoms. The number of nitrogens with one attached hydrogen (secondary N) is 1. The van der Waals surface area contributed by atoms with Crippen molar-refractivity contribution in [2.75, 3.05) is 6.61 Å². The van der Waals surface area contributed by atoms with Crippen molar-refractivity contribution in [1.29, 1.82) is 0 Å². The summed E-state index contributed by atoms with van der Waals surface area (Å²) in [6, 6.07) is 18.5. The van der Waals surface area contributed by atoms with Gasteiger partial charge in [-0.3, -0.25) is 4.79 Å². The van der Waals surface area contributed by atoms with Crippen LogP contribution in [0.3, 0.4) is 0 Å². The van der Waals surface area contributed by atoms with Crippen molar-refractivity contribution in [2.24, 2.45) is 5.10 Å². The lowest BCUT2D eigenvalue weighted by molar-refractivity contribution is -0.123. The van der Waals surface area contributed by atoms with E-state index in [0.29, 0.717) is 15.8 Å². The second-order valence-corrected chi connectivity index (χ2v) is 8.14. The molecule has 0 atom stereocenters. The molecule has 2 heterocycles. The first-order valence-electron chi connectivity index (χ1n) is 9.19. The van der Waals surface area contributed by atoms with Crippen molar-refractivity contribution in [3.8, 4) is 22.0 Å². The Labute approximate surface area is 192 Å². The summed E-state index contributed by atoms with van der Waals surface area (Å²) in [5, 5.41) is 11.6. The Bertz CT molecular complexity index is 1210. The highest BCUT2D eigenvalue weighted by atomic mass is 35.5. The summed E-state index contributed by atoms with van der Waals surface area (Å²) in [5.41, 5.74) is 4.93. The molecule has 0 spiro atoms. The largest absolute Gasteiger partial charge is 0.482 e. The number of carbonyl (C=O) groups excluding carboxylic acids is 1. The van der Waals surface area contributed by atoms with E-state index in [4.69, 9.17) is 27.9 Å². The smallest absolute Gasteiger partial charge is 0.277 e. The van der Waals surface area contributed by atoms with E-state index in [1.54, 1.807) is 40.4 Å². The van der Waals surface area contributed by atoms with Gasteiger partial charge < -0.3 is 4.74 Å². The quantitative estimate of drug-likeness (QED) is 0.289. The molecule has 1 amide bonds. The summed E-state index contributed by atoms with van der Waals surface area (Å²) in [5.74, 6) is -0.0512. The van der Waals surface area contributed by atoms with Crippen LogP contribution in [0.2, 0.25) is 10.0 Å². The van der Waals surface area contributed by atoms with E-state index in [2.05, 4.69) is 15.6 Å². The van der Waals surface area contributed by atoms with Crippen molar-refractivity contribution < 1.29 is 9.53 Å². The molecule has 0 aliphatic carbocycles. The van der Waals surface area contributed by atoms with Crippen LogP contribution in [0.5, 0.6) is 5.75 Å². The number of aromatic nitrogens is 2. The fourth-order valence-electron chi connectivity index (χ4n) is 2.74. The predicted octanol–water partition coefficient (Wildman–Crippen LogP) is 5.44.